The number of carbonyl (C=O) groups is 1. The number of hydrogen-bond acceptors (Lipinski definition) is 6. The van der Waals surface area contributed by atoms with E-state index in [2.05, 4.69) is 0 Å². The minimum Gasteiger partial charge on any atom is -0.496 e. The summed E-state index contributed by atoms with van der Waals surface area (Å²) in [5.74, 6) is 1.05. The number of para-hydroxylation sites is 1. The van der Waals surface area contributed by atoms with Crippen molar-refractivity contribution >= 4 is 34.9 Å². The summed E-state index contributed by atoms with van der Waals surface area (Å²) in [6, 6.07) is 12.2. The highest BCUT2D eigenvalue weighted by Crippen LogP contribution is 2.36. The molecule has 2 heterocycles. The Kier molecular flexibility index (Phi) is 8.19. The molecule has 1 aliphatic rings. The molecule has 0 N–H and O–H groups in total. The number of halogens is 1. The number of nitrogens with zero attached hydrogens (tertiary/aromatic N) is 3. The molecule has 7 nitrogen and oxygen atoms in total. The summed E-state index contributed by atoms with van der Waals surface area (Å²) in [7, 11) is 1.58. The summed E-state index contributed by atoms with van der Waals surface area (Å²) in [5, 5.41) is 0.471. The molecule has 1 aromatic heterocycles. The molecule has 0 saturated carbocycles. The smallest absolute Gasteiger partial charge is 0.271 e. The molecule has 0 saturated heterocycles. The van der Waals surface area contributed by atoms with Crippen LogP contribution in [0.5, 0.6) is 11.5 Å². The molecular formula is C28H30ClN3O4S. The van der Waals surface area contributed by atoms with E-state index < -0.39 is 6.04 Å². The predicted octanol–water partition coefficient (Wildman–Crippen LogP) is 4.16. The lowest BCUT2D eigenvalue weighted by atomic mass is 9.94. The van der Waals surface area contributed by atoms with E-state index in [-0.39, 0.29) is 11.5 Å². The number of benzene rings is 2. The highest BCUT2D eigenvalue weighted by atomic mass is 35.5. The zero-order chi connectivity index (χ0) is 26.7. The second-order valence-electron chi connectivity index (χ2n) is 8.42. The summed E-state index contributed by atoms with van der Waals surface area (Å²) in [6.07, 6.45) is 1.79. The van der Waals surface area contributed by atoms with Gasteiger partial charge < -0.3 is 14.4 Å². The van der Waals surface area contributed by atoms with Crippen molar-refractivity contribution in [3.63, 3.8) is 0 Å². The topological polar surface area (TPSA) is 73.1 Å². The quantitative estimate of drug-likeness (QED) is 0.431. The van der Waals surface area contributed by atoms with Crippen molar-refractivity contribution in [2.45, 2.75) is 33.7 Å². The summed E-state index contributed by atoms with van der Waals surface area (Å²) in [5.41, 5.74) is 2.32. The van der Waals surface area contributed by atoms with Crippen LogP contribution in [0.25, 0.3) is 6.08 Å². The van der Waals surface area contributed by atoms with Crippen LogP contribution in [0.3, 0.4) is 0 Å². The molecule has 1 aliphatic heterocycles. The van der Waals surface area contributed by atoms with Gasteiger partial charge in [-0.2, -0.15) is 0 Å². The van der Waals surface area contributed by atoms with E-state index in [1.165, 1.54) is 11.3 Å². The number of thiazole rings is 1. The van der Waals surface area contributed by atoms with Gasteiger partial charge in [-0.15, -0.1) is 0 Å². The fourth-order valence-corrected chi connectivity index (χ4v) is 5.78. The second-order valence-corrected chi connectivity index (χ2v) is 9.84. The van der Waals surface area contributed by atoms with Crippen molar-refractivity contribution in [3.05, 3.63) is 89.6 Å². The zero-order valence-corrected chi connectivity index (χ0v) is 23.2. The van der Waals surface area contributed by atoms with Crippen LogP contribution >= 0.6 is 22.9 Å². The average Bonchev–Trinajstić information content (AvgIpc) is 3.19. The van der Waals surface area contributed by atoms with E-state index in [1.54, 1.807) is 34.8 Å². The van der Waals surface area contributed by atoms with Crippen molar-refractivity contribution in [3.8, 4) is 11.5 Å². The number of allylic oxidation sites excluding steroid dienone is 1. The summed E-state index contributed by atoms with van der Waals surface area (Å²) >= 11 is 7.66. The van der Waals surface area contributed by atoms with Gasteiger partial charge in [0, 0.05) is 18.7 Å². The Hall–Kier alpha value is -3.36. The van der Waals surface area contributed by atoms with Gasteiger partial charge in [0.1, 0.15) is 17.5 Å². The zero-order valence-electron chi connectivity index (χ0n) is 21.6. The van der Waals surface area contributed by atoms with Gasteiger partial charge in [0.2, 0.25) is 0 Å². The average molecular weight is 540 g/mol. The third-order valence-electron chi connectivity index (χ3n) is 6.29. The lowest BCUT2D eigenvalue weighted by molar-refractivity contribution is -0.127. The molecular weight excluding hydrogens is 510 g/mol. The molecule has 1 amide bonds. The number of likely N-dealkylation sites (N-methyl/N-ethyl adjacent to an activating group) is 1. The number of fused-ring (bicyclic) bond motifs is 1. The minimum atomic E-state index is -0.674. The number of aromatic nitrogens is 1. The molecule has 1 atom stereocenters. The number of amides is 1. The third kappa shape index (κ3) is 5.08. The van der Waals surface area contributed by atoms with Gasteiger partial charge in [0.05, 0.1) is 34.5 Å². The Morgan fingerprint density at radius 3 is 2.54 bits per heavy atom. The molecule has 0 radical (unpaired) electrons. The van der Waals surface area contributed by atoms with Crippen LogP contribution in [0.15, 0.2) is 63.5 Å². The normalized spacial score (nSPS) is 15.3. The maximum Gasteiger partial charge on any atom is 0.271 e. The molecule has 9 heteroatoms. The minimum absolute atomic E-state index is 0.144. The SMILES string of the molecule is CCOc1ccc(/C=c2/sc3n(c2=O)[C@@H](c2ccccc2OC)C(C(=O)N(CC)CC)=C(C)N=3)cc1Cl. The molecule has 0 spiro atoms. The van der Waals surface area contributed by atoms with Gasteiger partial charge in [0.25, 0.3) is 11.5 Å². The Balaban J connectivity index is 1.94. The van der Waals surface area contributed by atoms with Gasteiger partial charge >= 0.3 is 0 Å². The van der Waals surface area contributed by atoms with E-state index in [0.29, 0.717) is 56.8 Å². The fraction of sp³-hybridized carbons (Fsp3) is 0.321. The third-order valence-corrected chi connectivity index (χ3v) is 7.57. The number of carbonyl (C=O) groups excluding carboxylic acids is 1. The standard InChI is InChI=1S/C28H30ClN3O4S/c1-6-31(7-2)27(34)24-17(4)30-28-32(25(24)19-11-9-10-12-21(19)35-5)26(33)23(37-28)16-18-13-14-22(36-8-3)20(29)15-18/h9-16,25H,6-8H2,1-5H3/b23-16+/t25-/m0/s1. The van der Waals surface area contributed by atoms with Crippen LogP contribution in [-0.4, -0.2) is 42.2 Å². The van der Waals surface area contributed by atoms with E-state index >= 15 is 0 Å². The van der Waals surface area contributed by atoms with Crippen molar-refractivity contribution < 1.29 is 14.3 Å². The largest absolute Gasteiger partial charge is 0.496 e. The number of ether oxygens (including phenoxy) is 2. The maximum atomic E-state index is 13.9. The Labute approximate surface area is 224 Å². The number of methoxy groups -OCH3 is 1. The van der Waals surface area contributed by atoms with Crippen LogP contribution in [-0.2, 0) is 4.79 Å². The number of hydrogen-bond donors (Lipinski definition) is 0. The van der Waals surface area contributed by atoms with Gasteiger partial charge in [-0.05, 0) is 57.5 Å². The molecule has 0 bridgehead atoms. The van der Waals surface area contributed by atoms with Gasteiger partial charge in [-0.1, -0.05) is 47.2 Å². The monoisotopic (exact) mass is 539 g/mol. The molecule has 4 rings (SSSR count). The van der Waals surface area contributed by atoms with Crippen molar-refractivity contribution in [2.75, 3.05) is 26.8 Å². The van der Waals surface area contributed by atoms with Gasteiger partial charge in [-0.3, -0.25) is 14.2 Å². The van der Waals surface area contributed by atoms with Gasteiger partial charge in [0.15, 0.2) is 4.80 Å². The molecule has 0 fully saturated rings. The second kappa shape index (κ2) is 11.4. The van der Waals surface area contributed by atoms with Crippen LogP contribution in [0.4, 0.5) is 0 Å². The first-order chi connectivity index (χ1) is 17.8. The van der Waals surface area contributed by atoms with E-state index in [0.717, 1.165) is 11.1 Å². The Bertz CT molecular complexity index is 1540. The van der Waals surface area contributed by atoms with Crippen molar-refractivity contribution in [2.24, 2.45) is 4.99 Å². The first-order valence-electron chi connectivity index (χ1n) is 12.2. The summed E-state index contributed by atoms with van der Waals surface area (Å²) in [6.45, 7) is 9.20. The molecule has 2 aromatic carbocycles. The number of rotatable bonds is 8. The summed E-state index contributed by atoms with van der Waals surface area (Å²) < 4.78 is 13.3. The fourth-order valence-electron chi connectivity index (χ4n) is 4.49. The summed E-state index contributed by atoms with van der Waals surface area (Å²) in [4.78, 5) is 34.6. The van der Waals surface area contributed by atoms with E-state index in [4.69, 9.17) is 26.1 Å². The van der Waals surface area contributed by atoms with Crippen LogP contribution < -0.4 is 24.4 Å². The molecule has 194 valence electrons. The highest BCUT2D eigenvalue weighted by Gasteiger charge is 2.35. The van der Waals surface area contributed by atoms with Crippen molar-refractivity contribution in [1.29, 1.82) is 0 Å². The van der Waals surface area contributed by atoms with E-state index in [9.17, 15) is 9.59 Å². The van der Waals surface area contributed by atoms with Crippen LogP contribution in [0.2, 0.25) is 5.02 Å². The molecule has 0 unspecified atom stereocenters. The van der Waals surface area contributed by atoms with Crippen LogP contribution in [0.1, 0.15) is 44.9 Å². The van der Waals surface area contributed by atoms with E-state index in [1.807, 2.05) is 58.0 Å². The molecule has 0 aliphatic carbocycles. The molecule has 3 aromatic rings. The Morgan fingerprint density at radius 1 is 1.16 bits per heavy atom. The maximum absolute atomic E-state index is 13.9. The lowest BCUT2D eigenvalue weighted by Gasteiger charge is -2.29. The first-order valence-corrected chi connectivity index (χ1v) is 13.4. The molecule has 37 heavy (non-hydrogen) atoms. The predicted molar refractivity (Wildman–Crippen MR) is 147 cm³/mol. The highest BCUT2D eigenvalue weighted by molar-refractivity contribution is 7.07. The van der Waals surface area contributed by atoms with Crippen molar-refractivity contribution in [1.82, 2.24) is 9.47 Å². The lowest BCUT2D eigenvalue weighted by Crippen LogP contribution is -2.43. The Morgan fingerprint density at radius 2 is 1.89 bits per heavy atom. The first kappa shape index (κ1) is 26.7. The van der Waals surface area contributed by atoms with Gasteiger partial charge in [-0.25, -0.2) is 4.99 Å². The van der Waals surface area contributed by atoms with Crippen LogP contribution in [0, 0.1) is 0 Å².